The number of aryl methyl sites for hydroxylation is 1. The zero-order valence-electron chi connectivity index (χ0n) is 12.2. The van der Waals surface area contributed by atoms with Crippen molar-refractivity contribution < 1.29 is 0 Å². The lowest BCUT2D eigenvalue weighted by atomic mass is 10.2. The number of nitrogens with one attached hydrogen (secondary N) is 2. The summed E-state index contributed by atoms with van der Waals surface area (Å²) >= 11 is 0. The monoisotopic (exact) mass is 282 g/mol. The highest BCUT2D eigenvalue weighted by molar-refractivity contribution is 5.87. The Balaban J connectivity index is 1.92. The molecule has 3 rings (SSSR count). The summed E-state index contributed by atoms with van der Waals surface area (Å²) in [4.78, 5) is 9.01. The molecule has 0 saturated heterocycles. The van der Waals surface area contributed by atoms with Crippen LogP contribution in [0.4, 0.5) is 11.8 Å². The third-order valence-corrected chi connectivity index (χ3v) is 3.23. The van der Waals surface area contributed by atoms with Crippen molar-refractivity contribution in [3.05, 3.63) is 42.1 Å². The highest BCUT2D eigenvalue weighted by Crippen LogP contribution is 2.21. The topological polar surface area (TPSA) is 67.7 Å². The van der Waals surface area contributed by atoms with Gasteiger partial charge in [0.25, 0.3) is 0 Å². The van der Waals surface area contributed by atoms with Crippen LogP contribution >= 0.6 is 0 Å². The van der Waals surface area contributed by atoms with Gasteiger partial charge in [-0.25, -0.2) is 0 Å². The molecule has 0 amide bonds. The number of fused-ring (bicyclic) bond motifs is 1. The zero-order chi connectivity index (χ0) is 14.7. The third kappa shape index (κ3) is 2.79. The lowest BCUT2D eigenvalue weighted by Crippen LogP contribution is -2.08. The standard InChI is InChI=1S/C15H18N6/c1-3-16-15-19-13(12-10-18-21(2)14(12)20-15)17-9-11-7-5-4-6-8-11/h4-8,10H,3,9H2,1-2H3,(H2,16,17,19,20). The summed E-state index contributed by atoms with van der Waals surface area (Å²) in [6.45, 7) is 3.52. The van der Waals surface area contributed by atoms with Crippen LogP contribution in [-0.2, 0) is 13.6 Å². The molecule has 21 heavy (non-hydrogen) atoms. The minimum Gasteiger partial charge on any atom is -0.365 e. The summed E-state index contributed by atoms with van der Waals surface area (Å²) in [6.07, 6.45) is 1.79. The summed E-state index contributed by atoms with van der Waals surface area (Å²) < 4.78 is 1.76. The van der Waals surface area contributed by atoms with Crippen LogP contribution in [0.25, 0.3) is 11.0 Å². The zero-order valence-corrected chi connectivity index (χ0v) is 12.2. The van der Waals surface area contributed by atoms with Crippen LogP contribution in [0.1, 0.15) is 12.5 Å². The highest BCUT2D eigenvalue weighted by atomic mass is 15.3. The van der Waals surface area contributed by atoms with Crippen LogP contribution in [0.2, 0.25) is 0 Å². The van der Waals surface area contributed by atoms with Crippen molar-refractivity contribution in [2.24, 2.45) is 7.05 Å². The summed E-state index contributed by atoms with van der Waals surface area (Å²) in [5.41, 5.74) is 2.02. The fourth-order valence-electron chi connectivity index (χ4n) is 2.18. The Kier molecular flexibility index (Phi) is 3.68. The van der Waals surface area contributed by atoms with E-state index in [1.54, 1.807) is 10.9 Å². The van der Waals surface area contributed by atoms with Gasteiger partial charge in [-0.15, -0.1) is 0 Å². The van der Waals surface area contributed by atoms with E-state index in [4.69, 9.17) is 0 Å². The second kappa shape index (κ2) is 5.78. The Labute approximate surface area is 123 Å². The van der Waals surface area contributed by atoms with Gasteiger partial charge in [0.1, 0.15) is 5.82 Å². The van der Waals surface area contributed by atoms with Gasteiger partial charge in [0, 0.05) is 20.1 Å². The van der Waals surface area contributed by atoms with Crippen LogP contribution in [0.3, 0.4) is 0 Å². The SMILES string of the molecule is CCNc1nc(NCc2ccccc2)c2cnn(C)c2n1. The van der Waals surface area contributed by atoms with E-state index in [2.05, 4.69) is 37.8 Å². The van der Waals surface area contributed by atoms with Gasteiger partial charge in [-0.05, 0) is 12.5 Å². The average molecular weight is 282 g/mol. The number of benzene rings is 1. The van der Waals surface area contributed by atoms with E-state index in [9.17, 15) is 0 Å². The Morgan fingerprint density at radius 1 is 1.10 bits per heavy atom. The molecule has 2 heterocycles. The van der Waals surface area contributed by atoms with Gasteiger partial charge >= 0.3 is 0 Å². The van der Waals surface area contributed by atoms with Gasteiger partial charge in [-0.1, -0.05) is 30.3 Å². The molecule has 0 aliphatic carbocycles. The van der Waals surface area contributed by atoms with Gasteiger partial charge < -0.3 is 10.6 Å². The van der Waals surface area contributed by atoms with E-state index in [0.29, 0.717) is 12.5 Å². The van der Waals surface area contributed by atoms with E-state index in [1.807, 2.05) is 32.2 Å². The Morgan fingerprint density at radius 2 is 1.90 bits per heavy atom. The second-order valence-corrected chi connectivity index (χ2v) is 4.77. The maximum absolute atomic E-state index is 4.53. The third-order valence-electron chi connectivity index (χ3n) is 3.23. The summed E-state index contributed by atoms with van der Waals surface area (Å²) in [5, 5.41) is 11.7. The van der Waals surface area contributed by atoms with E-state index in [0.717, 1.165) is 23.4 Å². The predicted octanol–water partition coefficient (Wildman–Crippen LogP) is 2.41. The van der Waals surface area contributed by atoms with Gasteiger partial charge in [0.15, 0.2) is 5.65 Å². The molecule has 0 saturated carbocycles. The first-order chi connectivity index (χ1) is 10.3. The lowest BCUT2D eigenvalue weighted by Gasteiger charge is -2.09. The van der Waals surface area contributed by atoms with E-state index in [1.165, 1.54) is 5.56 Å². The van der Waals surface area contributed by atoms with Crippen molar-refractivity contribution in [1.29, 1.82) is 0 Å². The van der Waals surface area contributed by atoms with Crippen LogP contribution in [-0.4, -0.2) is 26.3 Å². The number of aromatic nitrogens is 4. The number of hydrogen-bond donors (Lipinski definition) is 2. The minimum absolute atomic E-state index is 0.615. The molecule has 2 N–H and O–H groups in total. The first-order valence-electron chi connectivity index (χ1n) is 6.99. The Hall–Kier alpha value is -2.63. The van der Waals surface area contributed by atoms with Crippen molar-refractivity contribution in [2.75, 3.05) is 17.2 Å². The fraction of sp³-hybridized carbons (Fsp3) is 0.267. The van der Waals surface area contributed by atoms with Crippen molar-refractivity contribution in [2.45, 2.75) is 13.5 Å². The molecule has 0 atom stereocenters. The minimum atomic E-state index is 0.615. The fourth-order valence-corrected chi connectivity index (χ4v) is 2.18. The van der Waals surface area contributed by atoms with E-state index in [-0.39, 0.29) is 0 Å². The Bertz CT molecular complexity index is 735. The molecule has 6 nitrogen and oxygen atoms in total. The molecule has 108 valence electrons. The molecule has 0 aliphatic rings. The van der Waals surface area contributed by atoms with Gasteiger partial charge in [0.2, 0.25) is 5.95 Å². The van der Waals surface area contributed by atoms with Crippen molar-refractivity contribution >= 4 is 22.8 Å². The molecule has 0 aliphatic heterocycles. The van der Waals surface area contributed by atoms with Crippen LogP contribution in [0.5, 0.6) is 0 Å². The quantitative estimate of drug-likeness (QED) is 0.752. The summed E-state index contributed by atoms with van der Waals surface area (Å²) in [5.74, 6) is 1.41. The Morgan fingerprint density at radius 3 is 2.67 bits per heavy atom. The van der Waals surface area contributed by atoms with Crippen LogP contribution < -0.4 is 10.6 Å². The van der Waals surface area contributed by atoms with Crippen molar-refractivity contribution in [3.63, 3.8) is 0 Å². The summed E-state index contributed by atoms with van der Waals surface area (Å²) in [7, 11) is 1.88. The molecule has 3 aromatic rings. The average Bonchev–Trinajstić information content (AvgIpc) is 2.88. The summed E-state index contributed by atoms with van der Waals surface area (Å²) in [6, 6.07) is 10.2. The normalized spacial score (nSPS) is 10.8. The maximum Gasteiger partial charge on any atom is 0.226 e. The number of rotatable bonds is 5. The molecule has 0 unspecified atom stereocenters. The van der Waals surface area contributed by atoms with Crippen LogP contribution in [0.15, 0.2) is 36.5 Å². The number of anilines is 2. The maximum atomic E-state index is 4.53. The first-order valence-corrected chi connectivity index (χ1v) is 6.99. The molecular weight excluding hydrogens is 264 g/mol. The van der Waals surface area contributed by atoms with Crippen molar-refractivity contribution in [3.8, 4) is 0 Å². The molecule has 0 radical (unpaired) electrons. The molecule has 0 fully saturated rings. The van der Waals surface area contributed by atoms with Crippen LogP contribution in [0, 0.1) is 0 Å². The van der Waals surface area contributed by atoms with Gasteiger partial charge in [-0.3, -0.25) is 4.68 Å². The predicted molar refractivity (Wildman–Crippen MR) is 84.2 cm³/mol. The smallest absolute Gasteiger partial charge is 0.226 e. The molecule has 0 spiro atoms. The molecule has 0 bridgehead atoms. The molecular formula is C15H18N6. The molecule has 1 aromatic carbocycles. The van der Waals surface area contributed by atoms with E-state index < -0.39 is 0 Å². The van der Waals surface area contributed by atoms with E-state index >= 15 is 0 Å². The van der Waals surface area contributed by atoms with Gasteiger partial charge in [-0.2, -0.15) is 15.1 Å². The number of hydrogen-bond acceptors (Lipinski definition) is 5. The highest BCUT2D eigenvalue weighted by Gasteiger charge is 2.10. The first kappa shape index (κ1) is 13.4. The number of nitrogens with zero attached hydrogens (tertiary/aromatic N) is 4. The van der Waals surface area contributed by atoms with Crippen molar-refractivity contribution in [1.82, 2.24) is 19.7 Å². The molecule has 6 heteroatoms. The lowest BCUT2D eigenvalue weighted by molar-refractivity contribution is 0.785. The second-order valence-electron chi connectivity index (χ2n) is 4.77. The molecule has 2 aromatic heterocycles. The van der Waals surface area contributed by atoms with Gasteiger partial charge in [0.05, 0.1) is 11.6 Å². The largest absolute Gasteiger partial charge is 0.365 e.